The van der Waals surface area contributed by atoms with Gasteiger partial charge >= 0.3 is 5.97 Å². The third-order valence-corrected chi connectivity index (χ3v) is 1.75. The van der Waals surface area contributed by atoms with E-state index in [4.69, 9.17) is 14.9 Å². The Morgan fingerprint density at radius 2 is 1.94 bits per heavy atom. The number of aliphatic hydroxyl groups is 1. The lowest BCUT2D eigenvalue weighted by Gasteiger charge is -2.09. The number of carboxylic acid groups (broad SMARTS) is 1. The Balaban J connectivity index is 3.07. The number of carboxylic acids is 1. The zero-order valence-corrected chi connectivity index (χ0v) is 8.24. The van der Waals surface area contributed by atoms with Crippen molar-refractivity contribution in [3.05, 3.63) is 54.3 Å². The van der Waals surface area contributed by atoms with E-state index in [1.807, 2.05) is 0 Å². The highest BCUT2D eigenvalue weighted by molar-refractivity contribution is 5.88. The fourth-order valence-corrected chi connectivity index (χ4v) is 0.946. The topological polar surface area (TPSA) is 66.8 Å². The Labute approximate surface area is 90.9 Å². The van der Waals surface area contributed by atoms with Gasteiger partial charge in [-0.15, -0.1) is 0 Å². The van der Waals surface area contributed by atoms with Gasteiger partial charge in [0.1, 0.15) is 5.76 Å². The number of ether oxygens (including phenoxy) is 1. The summed E-state index contributed by atoms with van der Waals surface area (Å²) in [5, 5.41) is 17.5. The molecule has 0 bridgehead atoms. The van der Waals surface area contributed by atoms with E-state index in [0.29, 0.717) is 0 Å². The van der Waals surface area contributed by atoms with Crippen molar-refractivity contribution in [2.75, 3.05) is 0 Å². The summed E-state index contributed by atoms with van der Waals surface area (Å²) in [6.45, 7) is 6.41. The molecule has 0 heterocycles. The largest absolute Gasteiger partial charge is 0.505 e. The van der Waals surface area contributed by atoms with Crippen LogP contribution in [0.5, 0.6) is 5.75 Å². The van der Waals surface area contributed by atoms with Crippen molar-refractivity contribution >= 4 is 5.97 Å². The highest BCUT2D eigenvalue weighted by Crippen LogP contribution is 2.23. The molecule has 2 N–H and O–H groups in total. The van der Waals surface area contributed by atoms with E-state index in [0.717, 1.165) is 6.07 Å². The summed E-state index contributed by atoms with van der Waals surface area (Å²) in [6.07, 6.45) is 0. The third kappa shape index (κ3) is 2.38. The molecule has 0 saturated carbocycles. The quantitative estimate of drug-likeness (QED) is 0.609. The lowest BCUT2D eigenvalue weighted by atomic mass is 10.2. The van der Waals surface area contributed by atoms with Crippen LogP contribution in [0.4, 0.5) is 4.39 Å². The first kappa shape index (κ1) is 11.8. The number of rotatable bonds is 4. The predicted octanol–water partition coefficient (Wildman–Crippen LogP) is 2.49. The Morgan fingerprint density at radius 1 is 1.31 bits per heavy atom. The van der Waals surface area contributed by atoms with Crippen molar-refractivity contribution in [3.63, 3.8) is 0 Å². The van der Waals surface area contributed by atoms with Gasteiger partial charge in [0.2, 0.25) is 0 Å². The summed E-state index contributed by atoms with van der Waals surface area (Å²) < 4.78 is 18.3. The van der Waals surface area contributed by atoms with Crippen molar-refractivity contribution in [3.8, 4) is 5.75 Å². The molecule has 0 amide bonds. The molecule has 0 aliphatic carbocycles. The average molecular weight is 224 g/mol. The molecule has 0 aliphatic heterocycles. The first-order valence-electron chi connectivity index (χ1n) is 4.20. The third-order valence-electron chi connectivity index (χ3n) is 1.75. The van der Waals surface area contributed by atoms with Gasteiger partial charge in [0, 0.05) is 0 Å². The molecule has 1 rings (SSSR count). The van der Waals surface area contributed by atoms with E-state index in [2.05, 4.69) is 13.2 Å². The first-order chi connectivity index (χ1) is 7.43. The molecule has 0 saturated heterocycles. The number of hydrogen-bond acceptors (Lipinski definition) is 3. The zero-order valence-electron chi connectivity index (χ0n) is 8.24. The van der Waals surface area contributed by atoms with Gasteiger partial charge < -0.3 is 14.9 Å². The standard InChI is InChI=1S/C11H9FO4/c1-6(13)7(2)16-9-5-3-4-8(10(9)12)11(14)15/h3-5,13H,1-2H2,(H,14,15). The van der Waals surface area contributed by atoms with Crippen LogP contribution >= 0.6 is 0 Å². The fourth-order valence-electron chi connectivity index (χ4n) is 0.946. The molecular weight excluding hydrogens is 215 g/mol. The van der Waals surface area contributed by atoms with E-state index >= 15 is 0 Å². The lowest BCUT2D eigenvalue weighted by molar-refractivity contribution is 0.0691. The molecule has 0 radical (unpaired) electrons. The SMILES string of the molecule is C=C(O)C(=C)Oc1cccc(C(=O)O)c1F. The summed E-state index contributed by atoms with van der Waals surface area (Å²) in [5.41, 5.74) is -0.520. The summed E-state index contributed by atoms with van der Waals surface area (Å²) in [5.74, 6) is -3.48. The monoisotopic (exact) mass is 224 g/mol. The van der Waals surface area contributed by atoms with Gasteiger partial charge in [0.05, 0.1) is 5.56 Å². The van der Waals surface area contributed by atoms with E-state index in [1.165, 1.54) is 12.1 Å². The second kappa shape index (κ2) is 4.48. The molecule has 84 valence electrons. The van der Waals surface area contributed by atoms with Crippen LogP contribution < -0.4 is 4.74 Å². The Bertz CT molecular complexity index is 465. The van der Waals surface area contributed by atoms with Crippen LogP contribution in [0.2, 0.25) is 0 Å². The second-order valence-corrected chi connectivity index (χ2v) is 2.89. The molecule has 0 spiro atoms. The van der Waals surface area contributed by atoms with Crippen LogP contribution in [0.1, 0.15) is 10.4 Å². The number of halogens is 1. The number of benzene rings is 1. The molecule has 5 heteroatoms. The van der Waals surface area contributed by atoms with Gasteiger partial charge in [0.25, 0.3) is 0 Å². The van der Waals surface area contributed by atoms with E-state index in [1.54, 1.807) is 0 Å². The maximum Gasteiger partial charge on any atom is 0.338 e. The molecule has 0 aliphatic rings. The molecule has 0 atom stereocenters. The maximum absolute atomic E-state index is 13.5. The van der Waals surface area contributed by atoms with Crippen molar-refractivity contribution < 1.29 is 24.1 Å². The summed E-state index contributed by atoms with van der Waals surface area (Å²) in [7, 11) is 0. The maximum atomic E-state index is 13.5. The molecule has 1 aromatic carbocycles. The highest BCUT2D eigenvalue weighted by atomic mass is 19.1. The number of carbonyl (C=O) groups is 1. The second-order valence-electron chi connectivity index (χ2n) is 2.89. The lowest BCUT2D eigenvalue weighted by Crippen LogP contribution is -2.04. The molecule has 0 unspecified atom stereocenters. The first-order valence-corrected chi connectivity index (χ1v) is 4.20. The summed E-state index contributed by atoms with van der Waals surface area (Å²) in [4.78, 5) is 10.6. The van der Waals surface area contributed by atoms with Crippen molar-refractivity contribution in [2.24, 2.45) is 0 Å². The van der Waals surface area contributed by atoms with Crippen molar-refractivity contribution in [2.45, 2.75) is 0 Å². The van der Waals surface area contributed by atoms with Gasteiger partial charge in [-0.05, 0) is 12.1 Å². The van der Waals surface area contributed by atoms with Crippen LogP contribution in [-0.4, -0.2) is 16.2 Å². The number of aromatic carboxylic acids is 1. The number of hydrogen-bond donors (Lipinski definition) is 2. The van der Waals surface area contributed by atoms with Gasteiger partial charge in [-0.25, -0.2) is 9.18 Å². The van der Waals surface area contributed by atoms with Crippen LogP contribution in [0.3, 0.4) is 0 Å². The van der Waals surface area contributed by atoms with Gasteiger partial charge in [-0.1, -0.05) is 19.2 Å². The van der Waals surface area contributed by atoms with E-state index < -0.39 is 23.1 Å². The van der Waals surface area contributed by atoms with Gasteiger partial charge in [-0.3, -0.25) is 0 Å². The molecule has 4 nitrogen and oxygen atoms in total. The smallest absolute Gasteiger partial charge is 0.338 e. The average Bonchev–Trinajstić information content (AvgIpc) is 2.20. The minimum absolute atomic E-state index is 0.249. The molecule has 0 aromatic heterocycles. The predicted molar refractivity (Wildman–Crippen MR) is 54.9 cm³/mol. The zero-order chi connectivity index (χ0) is 12.3. The Kier molecular flexibility index (Phi) is 3.30. The minimum Gasteiger partial charge on any atom is -0.505 e. The van der Waals surface area contributed by atoms with Crippen molar-refractivity contribution in [1.29, 1.82) is 0 Å². The van der Waals surface area contributed by atoms with Crippen LogP contribution in [0.15, 0.2) is 42.9 Å². The molecule has 16 heavy (non-hydrogen) atoms. The van der Waals surface area contributed by atoms with Crippen LogP contribution in [0, 0.1) is 5.82 Å². The fraction of sp³-hybridized carbons (Fsp3) is 0. The summed E-state index contributed by atoms with van der Waals surface area (Å²) in [6, 6.07) is 3.63. The van der Waals surface area contributed by atoms with Crippen molar-refractivity contribution in [1.82, 2.24) is 0 Å². The molecule has 1 aromatic rings. The Hall–Kier alpha value is -2.30. The highest BCUT2D eigenvalue weighted by Gasteiger charge is 2.15. The minimum atomic E-state index is -1.41. The Morgan fingerprint density at radius 3 is 2.44 bits per heavy atom. The normalized spacial score (nSPS) is 9.56. The van der Waals surface area contributed by atoms with Gasteiger partial charge in [-0.2, -0.15) is 0 Å². The van der Waals surface area contributed by atoms with E-state index in [-0.39, 0.29) is 11.5 Å². The van der Waals surface area contributed by atoms with Crippen LogP contribution in [0.25, 0.3) is 0 Å². The van der Waals surface area contributed by atoms with Crippen LogP contribution in [-0.2, 0) is 0 Å². The molecular formula is C11H9FO4. The number of aliphatic hydroxyl groups excluding tert-OH is 1. The van der Waals surface area contributed by atoms with E-state index in [9.17, 15) is 9.18 Å². The summed E-state index contributed by atoms with van der Waals surface area (Å²) >= 11 is 0. The van der Waals surface area contributed by atoms with Gasteiger partial charge in [0.15, 0.2) is 17.3 Å². The molecule has 0 fully saturated rings.